The molecule has 0 unspecified atom stereocenters. The van der Waals surface area contributed by atoms with Crippen LogP contribution in [-0.2, 0) is 10.2 Å². The van der Waals surface area contributed by atoms with E-state index in [0.29, 0.717) is 23.0 Å². The minimum atomic E-state index is -0.527. The summed E-state index contributed by atoms with van der Waals surface area (Å²) in [5.74, 6) is 1.21. The van der Waals surface area contributed by atoms with E-state index >= 15 is 0 Å². The van der Waals surface area contributed by atoms with Crippen LogP contribution < -0.4 is 10.2 Å². The molecule has 10 heteroatoms. The molecule has 0 bridgehead atoms. The molecule has 1 aliphatic heterocycles. The summed E-state index contributed by atoms with van der Waals surface area (Å²) in [7, 11) is 1.65. The molecule has 0 radical (unpaired) electrons. The summed E-state index contributed by atoms with van der Waals surface area (Å²) in [5, 5.41) is 20.2. The van der Waals surface area contributed by atoms with Crippen LogP contribution >= 0.6 is 0 Å². The van der Waals surface area contributed by atoms with Crippen molar-refractivity contribution in [3.05, 3.63) is 77.2 Å². The van der Waals surface area contributed by atoms with Gasteiger partial charge in [-0.05, 0) is 62.8 Å². The monoisotopic (exact) mass is 529 g/mol. The van der Waals surface area contributed by atoms with E-state index in [2.05, 4.69) is 44.9 Å². The van der Waals surface area contributed by atoms with Crippen LogP contribution in [0.25, 0.3) is 0 Å². The minimum Gasteiger partial charge on any atom is -0.441 e. The SMILES string of the molecule is Cc1noc(C2CCN(c3ccc(C4(C(=N)N(C)N=N)CC4)cc3)CC2)c1NC(=O)O[C@H](C)c1ccccc1. The molecule has 2 aromatic carbocycles. The average molecular weight is 530 g/mol. The lowest BCUT2D eigenvalue weighted by Crippen LogP contribution is -2.33. The molecule has 3 aromatic rings. The van der Waals surface area contributed by atoms with Gasteiger partial charge in [0.05, 0.1) is 5.41 Å². The molecule has 5 rings (SSSR count). The Labute approximate surface area is 228 Å². The summed E-state index contributed by atoms with van der Waals surface area (Å²) in [6.07, 6.45) is 2.64. The number of amidine groups is 1. The van der Waals surface area contributed by atoms with Crippen molar-refractivity contribution in [3.8, 4) is 0 Å². The fourth-order valence-electron chi connectivity index (χ4n) is 5.44. The number of amides is 1. The molecule has 1 atom stereocenters. The first kappa shape index (κ1) is 26.4. The molecule has 1 amide bonds. The lowest BCUT2D eigenvalue weighted by atomic mass is 9.91. The average Bonchev–Trinajstić information content (AvgIpc) is 3.71. The number of anilines is 2. The van der Waals surface area contributed by atoms with Crippen molar-refractivity contribution in [3.63, 3.8) is 0 Å². The number of aryl methyl sites for hydroxylation is 1. The van der Waals surface area contributed by atoms with E-state index in [1.54, 1.807) is 7.05 Å². The zero-order valence-electron chi connectivity index (χ0n) is 22.6. The summed E-state index contributed by atoms with van der Waals surface area (Å²) in [6.45, 7) is 5.36. The van der Waals surface area contributed by atoms with Crippen LogP contribution in [0.15, 0.2) is 64.3 Å². The Bertz CT molecular complexity index is 1330. The summed E-state index contributed by atoms with van der Waals surface area (Å²) >= 11 is 0. The number of carbonyl (C=O) groups excluding carboxylic acids is 1. The lowest BCUT2D eigenvalue weighted by molar-refractivity contribution is 0.121. The van der Waals surface area contributed by atoms with Crippen LogP contribution in [0.5, 0.6) is 0 Å². The molecule has 39 heavy (non-hydrogen) atoms. The second-order valence-electron chi connectivity index (χ2n) is 10.5. The number of piperidine rings is 1. The molecule has 2 aliphatic rings. The molecular weight excluding hydrogens is 494 g/mol. The van der Waals surface area contributed by atoms with Gasteiger partial charge in [-0.15, -0.1) is 0 Å². The van der Waals surface area contributed by atoms with E-state index in [4.69, 9.17) is 20.2 Å². The fourth-order valence-corrected chi connectivity index (χ4v) is 5.44. The molecule has 2 fully saturated rings. The summed E-state index contributed by atoms with van der Waals surface area (Å²) in [5.41, 5.74) is 11.3. The molecule has 2 heterocycles. The first-order chi connectivity index (χ1) is 18.8. The van der Waals surface area contributed by atoms with E-state index in [1.807, 2.05) is 44.2 Å². The lowest BCUT2D eigenvalue weighted by Gasteiger charge is -2.33. The molecule has 204 valence electrons. The van der Waals surface area contributed by atoms with E-state index in [9.17, 15) is 4.79 Å². The van der Waals surface area contributed by atoms with Gasteiger partial charge in [0.25, 0.3) is 0 Å². The normalized spacial score (nSPS) is 17.3. The van der Waals surface area contributed by atoms with Crippen LogP contribution in [-0.4, -0.2) is 42.2 Å². The topological polar surface area (TPSA) is 131 Å². The first-order valence-electron chi connectivity index (χ1n) is 13.4. The Balaban J connectivity index is 1.19. The Hall–Kier alpha value is -4.21. The van der Waals surface area contributed by atoms with Gasteiger partial charge in [-0.25, -0.2) is 9.80 Å². The summed E-state index contributed by atoms with van der Waals surface area (Å²) in [4.78, 5) is 15.0. The highest BCUT2D eigenvalue weighted by Gasteiger charge is 2.50. The molecule has 0 spiro atoms. The van der Waals surface area contributed by atoms with Gasteiger partial charge < -0.3 is 14.2 Å². The van der Waals surface area contributed by atoms with Gasteiger partial charge in [-0.3, -0.25) is 10.7 Å². The maximum Gasteiger partial charge on any atom is 0.412 e. The van der Waals surface area contributed by atoms with Crippen molar-refractivity contribution in [2.75, 3.05) is 30.4 Å². The van der Waals surface area contributed by atoms with E-state index < -0.39 is 6.09 Å². The minimum absolute atomic E-state index is 0.142. The second kappa shape index (κ2) is 10.9. The zero-order chi connectivity index (χ0) is 27.6. The van der Waals surface area contributed by atoms with Gasteiger partial charge in [0.1, 0.15) is 23.3 Å². The molecule has 1 aliphatic carbocycles. The third-order valence-corrected chi connectivity index (χ3v) is 8.00. The van der Waals surface area contributed by atoms with Gasteiger partial charge >= 0.3 is 6.09 Å². The van der Waals surface area contributed by atoms with Gasteiger partial charge in [-0.2, -0.15) is 5.53 Å². The third-order valence-electron chi connectivity index (χ3n) is 8.00. The fraction of sp³-hybridized carbons (Fsp3) is 0.414. The number of nitrogens with one attached hydrogen (secondary N) is 3. The van der Waals surface area contributed by atoms with Crippen molar-refractivity contribution in [1.82, 2.24) is 10.2 Å². The molecule has 10 nitrogen and oxygen atoms in total. The highest BCUT2D eigenvalue weighted by atomic mass is 16.6. The molecular formula is C29H35N7O3. The van der Waals surface area contributed by atoms with Crippen LogP contribution in [0.2, 0.25) is 0 Å². The molecule has 1 saturated heterocycles. The molecule has 1 aromatic heterocycles. The number of nitrogens with zero attached hydrogens (tertiary/aromatic N) is 4. The number of hydrogen-bond acceptors (Lipinski definition) is 8. The summed E-state index contributed by atoms with van der Waals surface area (Å²) in [6, 6.07) is 18.1. The Kier molecular flexibility index (Phi) is 7.36. The highest BCUT2D eigenvalue weighted by Crippen LogP contribution is 2.50. The number of benzene rings is 2. The first-order valence-corrected chi connectivity index (χ1v) is 13.4. The van der Waals surface area contributed by atoms with E-state index in [1.165, 1.54) is 5.01 Å². The van der Waals surface area contributed by atoms with E-state index in [0.717, 1.165) is 55.6 Å². The van der Waals surface area contributed by atoms with Gasteiger partial charge in [0.2, 0.25) is 0 Å². The Morgan fingerprint density at radius 1 is 1.18 bits per heavy atom. The third kappa shape index (κ3) is 5.36. The number of hydrogen-bond donors (Lipinski definition) is 3. The van der Waals surface area contributed by atoms with Crippen LogP contribution in [0.3, 0.4) is 0 Å². The Morgan fingerprint density at radius 3 is 2.46 bits per heavy atom. The number of likely N-dealkylation sites (N-methyl/N-ethyl adjacent to an activating group) is 1. The van der Waals surface area contributed by atoms with Crippen molar-refractivity contribution in [2.24, 2.45) is 5.22 Å². The number of ether oxygens (including phenoxy) is 1. The van der Waals surface area contributed by atoms with Crippen LogP contribution in [0, 0.1) is 17.9 Å². The van der Waals surface area contributed by atoms with Gasteiger partial charge in [0.15, 0.2) is 5.76 Å². The van der Waals surface area contributed by atoms with Crippen molar-refractivity contribution < 1.29 is 14.1 Å². The van der Waals surface area contributed by atoms with E-state index in [-0.39, 0.29) is 17.4 Å². The largest absolute Gasteiger partial charge is 0.441 e. The predicted octanol–water partition coefficient (Wildman–Crippen LogP) is 6.56. The maximum atomic E-state index is 12.7. The van der Waals surface area contributed by atoms with Crippen molar-refractivity contribution in [2.45, 2.75) is 57.0 Å². The smallest absolute Gasteiger partial charge is 0.412 e. The zero-order valence-corrected chi connectivity index (χ0v) is 22.6. The predicted molar refractivity (Wildman–Crippen MR) is 148 cm³/mol. The van der Waals surface area contributed by atoms with Crippen LogP contribution in [0.1, 0.15) is 67.2 Å². The Morgan fingerprint density at radius 2 is 1.85 bits per heavy atom. The standard InChI is InChI=1S/C29H35N7O3/c1-19-25(32-28(37)38-20(2)21-7-5-4-6-8-21)26(39-33-19)22-13-17-36(18-14-22)24-11-9-23(10-12-24)29(15-16-29)27(30)35(3)34-31/h4-12,20,22,30-31H,13-18H2,1-3H3,(H,32,37)/t20-/m1/s1. The van der Waals surface area contributed by atoms with Gasteiger partial charge in [-0.1, -0.05) is 52.8 Å². The number of rotatable bonds is 8. The van der Waals surface area contributed by atoms with Crippen LogP contribution in [0.4, 0.5) is 16.2 Å². The van der Waals surface area contributed by atoms with Crippen molar-refractivity contribution in [1.29, 1.82) is 10.9 Å². The quantitative estimate of drug-likeness (QED) is 0.131. The molecule has 3 N–H and O–H groups in total. The number of carbonyl (C=O) groups is 1. The highest BCUT2D eigenvalue weighted by molar-refractivity contribution is 5.93. The second-order valence-corrected chi connectivity index (χ2v) is 10.5. The summed E-state index contributed by atoms with van der Waals surface area (Å²) < 4.78 is 11.3. The number of aromatic nitrogens is 1. The maximum absolute atomic E-state index is 12.7. The molecule has 1 saturated carbocycles. The van der Waals surface area contributed by atoms with Crippen molar-refractivity contribution >= 4 is 23.3 Å². The van der Waals surface area contributed by atoms with Gasteiger partial charge in [0, 0.05) is 31.7 Å².